The van der Waals surface area contributed by atoms with Gasteiger partial charge in [-0.2, -0.15) is 0 Å². The molecule has 2 heterocycles. The summed E-state index contributed by atoms with van der Waals surface area (Å²) in [5.41, 5.74) is 2.52. The van der Waals surface area contributed by atoms with Gasteiger partial charge in [0.05, 0.1) is 7.11 Å². The number of aromatic nitrogens is 1. The second kappa shape index (κ2) is 8.32. The number of methoxy groups -OCH3 is 1. The van der Waals surface area contributed by atoms with E-state index in [-0.39, 0.29) is 5.56 Å². The van der Waals surface area contributed by atoms with E-state index in [1.807, 2.05) is 24.4 Å². The summed E-state index contributed by atoms with van der Waals surface area (Å²) in [7, 11) is 3.48. The fourth-order valence-electron chi connectivity index (χ4n) is 3.20. The molecule has 0 spiro atoms. The predicted molar refractivity (Wildman–Crippen MR) is 100 cm³/mol. The standard InChI is InChI=1S/C20H27N3O2/c1-21-9-7-18(15-20(21)24)16-23-13-11-22(12-14-23)10-8-17-3-5-19(25-2)6-4-17/h3-7,9,15H,8,10-14,16H2,1-2H3. The molecular formula is C20H27N3O2. The molecule has 1 saturated heterocycles. The zero-order valence-corrected chi connectivity index (χ0v) is 15.1. The highest BCUT2D eigenvalue weighted by Gasteiger charge is 2.16. The molecule has 5 nitrogen and oxygen atoms in total. The lowest BCUT2D eigenvalue weighted by Crippen LogP contribution is -2.46. The van der Waals surface area contributed by atoms with Crippen LogP contribution in [0, 0.1) is 0 Å². The molecule has 0 unspecified atom stereocenters. The van der Waals surface area contributed by atoms with E-state index in [2.05, 4.69) is 21.9 Å². The number of aryl methyl sites for hydroxylation is 1. The number of rotatable bonds is 6. The normalized spacial score (nSPS) is 16.1. The molecule has 134 valence electrons. The highest BCUT2D eigenvalue weighted by atomic mass is 16.5. The van der Waals surface area contributed by atoms with Gasteiger partial charge < -0.3 is 14.2 Å². The van der Waals surface area contributed by atoms with Gasteiger partial charge in [0.1, 0.15) is 5.75 Å². The van der Waals surface area contributed by atoms with Crippen molar-refractivity contribution in [3.8, 4) is 5.75 Å². The SMILES string of the molecule is COc1ccc(CCN2CCN(Cc3ccn(C)c(=O)c3)CC2)cc1. The highest BCUT2D eigenvalue weighted by Crippen LogP contribution is 2.13. The molecule has 0 saturated carbocycles. The molecule has 3 rings (SSSR count). The summed E-state index contributed by atoms with van der Waals surface area (Å²) in [5.74, 6) is 0.910. The van der Waals surface area contributed by atoms with Crippen molar-refractivity contribution in [1.82, 2.24) is 14.4 Å². The summed E-state index contributed by atoms with van der Waals surface area (Å²) in [5, 5.41) is 0. The van der Waals surface area contributed by atoms with Crippen LogP contribution < -0.4 is 10.3 Å². The number of pyridine rings is 1. The maximum atomic E-state index is 11.7. The van der Waals surface area contributed by atoms with Crippen molar-refractivity contribution in [1.29, 1.82) is 0 Å². The maximum Gasteiger partial charge on any atom is 0.250 e. The third-order valence-electron chi connectivity index (χ3n) is 4.92. The summed E-state index contributed by atoms with van der Waals surface area (Å²) < 4.78 is 6.81. The molecule has 1 aromatic carbocycles. The molecule has 0 radical (unpaired) electrons. The molecule has 1 fully saturated rings. The largest absolute Gasteiger partial charge is 0.497 e. The molecule has 0 atom stereocenters. The average Bonchev–Trinajstić information content (AvgIpc) is 2.64. The van der Waals surface area contributed by atoms with Gasteiger partial charge in [0.15, 0.2) is 0 Å². The van der Waals surface area contributed by atoms with Crippen LogP contribution in [0.15, 0.2) is 47.4 Å². The Morgan fingerprint density at radius 1 is 0.960 bits per heavy atom. The number of ether oxygens (including phenoxy) is 1. The average molecular weight is 341 g/mol. The second-order valence-corrected chi connectivity index (χ2v) is 6.70. The minimum atomic E-state index is 0.0654. The van der Waals surface area contributed by atoms with Crippen molar-refractivity contribution >= 4 is 0 Å². The maximum absolute atomic E-state index is 11.7. The topological polar surface area (TPSA) is 37.7 Å². The summed E-state index contributed by atoms with van der Waals surface area (Å²) >= 11 is 0. The van der Waals surface area contributed by atoms with Crippen LogP contribution in [-0.2, 0) is 20.0 Å². The zero-order valence-electron chi connectivity index (χ0n) is 15.1. The lowest BCUT2D eigenvalue weighted by atomic mass is 10.1. The fraction of sp³-hybridized carbons (Fsp3) is 0.450. The quantitative estimate of drug-likeness (QED) is 0.802. The molecule has 25 heavy (non-hydrogen) atoms. The third kappa shape index (κ3) is 4.94. The Labute approximate surface area is 149 Å². The molecule has 2 aromatic rings. The Morgan fingerprint density at radius 2 is 1.64 bits per heavy atom. The summed E-state index contributed by atoms with van der Waals surface area (Å²) in [4.78, 5) is 16.7. The van der Waals surface area contributed by atoms with Gasteiger partial charge in [-0.15, -0.1) is 0 Å². The van der Waals surface area contributed by atoms with Crippen molar-refractivity contribution in [2.24, 2.45) is 7.05 Å². The van der Waals surface area contributed by atoms with E-state index < -0.39 is 0 Å². The highest BCUT2D eigenvalue weighted by molar-refractivity contribution is 5.27. The van der Waals surface area contributed by atoms with Crippen LogP contribution in [0.1, 0.15) is 11.1 Å². The summed E-state index contributed by atoms with van der Waals surface area (Å²) in [6, 6.07) is 12.1. The minimum absolute atomic E-state index is 0.0654. The van der Waals surface area contributed by atoms with Crippen LogP contribution in [0.2, 0.25) is 0 Å². The van der Waals surface area contributed by atoms with Crippen LogP contribution >= 0.6 is 0 Å². The molecule has 1 aliphatic heterocycles. The van der Waals surface area contributed by atoms with Crippen LogP contribution in [0.5, 0.6) is 5.75 Å². The van der Waals surface area contributed by atoms with E-state index in [0.717, 1.165) is 57.0 Å². The van der Waals surface area contributed by atoms with E-state index in [9.17, 15) is 4.79 Å². The van der Waals surface area contributed by atoms with Crippen molar-refractivity contribution in [2.45, 2.75) is 13.0 Å². The van der Waals surface area contributed by atoms with E-state index in [1.165, 1.54) is 5.56 Å². The van der Waals surface area contributed by atoms with Crippen LogP contribution in [-0.4, -0.2) is 54.2 Å². The Bertz CT molecular complexity index is 731. The van der Waals surface area contributed by atoms with Gasteiger partial charge in [0.2, 0.25) is 0 Å². The van der Waals surface area contributed by atoms with E-state index in [1.54, 1.807) is 24.8 Å². The molecule has 0 N–H and O–H groups in total. The monoisotopic (exact) mass is 341 g/mol. The van der Waals surface area contributed by atoms with Crippen LogP contribution in [0.3, 0.4) is 0 Å². The molecule has 0 aliphatic carbocycles. The Balaban J connectivity index is 1.43. The van der Waals surface area contributed by atoms with Gasteiger partial charge in [-0.3, -0.25) is 9.69 Å². The lowest BCUT2D eigenvalue weighted by Gasteiger charge is -2.34. The Morgan fingerprint density at radius 3 is 2.28 bits per heavy atom. The number of piperazine rings is 1. The molecule has 0 amide bonds. The summed E-state index contributed by atoms with van der Waals surface area (Å²) in [6.07, 6.45) is 2.92. The third-order valence-corrected chi connectivity index (χ3v) is 4.92. The van der Waals surface area contributed by atoms with Gasteiger partial charge in [-0.1, -0.05) is 12.1 Å². The first-order valence-electron chi connectivity index (χ1n) is 8.87. The first kappa shape index (κ1) is 17.7. The first-order valence-corrected chi connectivity index (χ1v) is 8.87. The van der Waals surface area contributed by atoms with Crippen molar-refractivity contribution in [3.05, 3.63) is 64.1 Å². The van der Waals surface area contributed by atoms with Crippen LogP contribution in [0.4, 0.5) is 0 Å². The molecule has 0 bridgehead atoms. The summed E-state index contributed by atoms with van der Waals surface area (Å²) in [6.45, 7) is 6.23. The minimum Gasteiger partial charge on any atom is -0.497 e. The second-order valence-electron chi connectivity index (χ2n) is 6.70. The number of hydrogen-bond donors (Lipinski definition) is 0. The van der Waals surface area contributed by atoms with Gasteiger partial charge in [0.25, 0.3) is 5.56 Å². The number of benzene rings is 1. The van der Waals surface area contributed by atoms with Gasteiger partial charge in [-0.25, -0.2) is 0 Å². The van der Waals surface area contributed by atoms with Crippen molar-refractivity contribution in [3.63, 3.8) is 0 Å². The fourth-order valence-corrected chi connectivity index (χ4v) is 3.20. The van der Waals surface area contributed by atoms with E-state index >= 15 is 0 Å². The predicted octanol–water partition coefficient (Wildman–Crippen LogP) is 1.75. The van der Waals surface area contributed by atoms with Gasteiger partial charge in [-0.05, 0) is 35.7 Å². The molecular weight excluding hydrogens is 314 g/mol. The first-order chi connectivity index (χ1) is 12.1. The van der Waals surface area contributed by atoms with Gasteiger partial charge >= 0.3 is 0 Å². The molecule has 1 aromatic heterocycles. The smallest absolute Gasteiger partial charge is 0.250 e. The Kier molecular flexibility index (Phi) is 5.89. The van der Waals surface area contributed by atoms with Crippen LogP contribution in [0.25, 0.3) is 0 Å². The van der Waals surface area contributed by atoms with Gasteiger partial charge in [0, 0.05) is 58.6 Å². The number of hydrogen-bond acceptors (Lipinski definition) is 4. The Hall–Kier alpha value is -2.11. The molecule has 5 heteroatoms. The number of nitrogens with zero attached hydrogens (tertiary/aromatic N) is 3. The zero-order chi connectivity index (χ0) is 17.6. The van der Waals surface area contributed by atoms with Crippen molar-refractivity contribution in [2.75, 3.05) is 39.8 Å². The lowest BCUT2D eigenvalue weighted by molar-refractivity contribution is 0.128. The van der Waals surface area contributed by atoms with Crippen molar-refractivity contribution < 1.29 is 4.74 Å². The molecule has 1 aliphatic rings. The van der Waals surface area contributed by atoms with E-state index in [0.29, 0.717) is 0 Å². The van der Waals surface area contributed by atoms with E-state index in [4.69, 9.17) is 4.74 Å².